The summed E-state index contributed by atoms with van der Waals surface area (Å²) in [5, 5.41) is 14.0. The zero-order valence-electron chi connectivity index (χ0n) is 9.93. The Morgan fingerprint density at radius 1 is 1.44 bits per heavy atom. The maximum Gasteiger partial charge on any atom is 0.205 e. The van der Waals surface area contributed by atoms with Crippen LogP contribution in [0.4, 0.5) is 5.13 Å². The van der Waals surface area contributed by atoms with E-state index in [9.17, 15) is 0 Å². The van der Waals surface area contributed by atoms with Crippen LogP contribution in [-0.2, 0) is 6.54 Å². The first-order chi connectivity index (χ1) is 7.70. The van der Waals surface area contributed by atoms with Crippen molar-refractivity contribution in [3.8, 4) is 0 Å². The molecule has 1 fully saturated rings. The minimum atomic E-state index is 0.626. The second-order valence-electron chi connectivity index (χ2n) is 4.04. The Kier molecular flexibility index (Phi) is 4.05. The van der Waals surface area contributed by atoms with Crippen LogP contribution in [0, 0.1) is 0 Å². The third-order valence-electron chi connectivity index (χ3n) is 3.03. The van der Waals surface area contributed by atoms with E-state index in [4.69, 9.17) is 0 Å². The van der Waals surface area contributed by atoms with Crippen LogP contribution in [0.15, 0.2) is 0 Å². The van der Waals surface area contributed by atoms with Crippen molar-refractivity contribution in [3.05, 3.63) is 5.01 Å². The minimum Gasteiger partial charge on any atom is -0.363 e. The second-order valence-corrected chi connectivity index (χ2v) is 6.59. The first kappa shape index (κ1) is 12.1. The highest BCUT2D eigenvalue weighted by molar-refractivity contribution is 8.00. The zero-order valence-corrected chi connectivity index (χ0v) is 11.6. The standard InChI is InChI=1S/C10H18N4S2/c1-7-8(2)15-5-4-14(7)6-9-12-13-10(11-3)16-9/h7-8H,4-6H2,1-3H3,(H,11,13). The Hall–Kier alpha value is -0.330. The van der Waals surface area contributed by atoms with E-state index in [0.29, 0.717) is 11.3 Å². The number of rotatable bonds is 3. The van der Waals surface area contributed by atoms with Crippen LogP contribution in [0.5, 0.6) is 0 Å². The molecule has 1 aromatic heterocycles. The lowest BCUT2D eigenvalue weighted by Gasteiger charge is -2.36. The van der Waals surface area contributed by atoms with Gasteiger partial charge in [0.15, 0.2) is 0 Å². The van der Waals surface area contributed by atoms with E-state index < -0.39 is 0 Å². The Morgan fingerprint density at radius 2 is 2.25 bits per heavy atom. The van der Waals surface area contributed by atoms with Crippen molar-refractivity contribution in [3.63, 3.8) is 0 Å². The molecule has 0 aliphatic carbocycles. The van der Waals surface area contributed by atoms with Gasteiger partial charge in [-0.05, 0) is 6.92 Å². The molecule has 0 bridgehead atoms. The van der Waals surface area contributed by atoms with E-state index in [1.807, 2.05) is 7.05 Å². The summed E-state index contributed by atoms with van der Waals surface area (Å²) < 4.78 is 0. The summed E-state index contributed by atoms with van der Waals surface area (Å²) in [6.07, 6.45) is 0. The van der Waals surface area contributed by atoms with Crippen molar-refractivity contribution in [1.29, 1.82) is 0 Å². The molecule has 1 aliphatic rings. The first-order valence-corrected chi connectivity index (χ1v) is 7.43. The van der Waals surface area contributed by atoms with Gasteiger partial charge in [0, 0.05) is 30.6 Å². The fourth-order valence-corrected chi connectivity index (χ4v) is 3.69. The molecule has 4 nitrogen and oxygen atoms in total. The molecule has 1 N–H and O–H groups in total. The van der Waals surface area contributed by atoms with E-state index in [1.54, 1.807) is 11.3 Å². The number of thioether (sulfide) groups is 1. The van der Waals surface area contributed by atoms with Crippen LogP contribution in [0.3, 0.4) is 0 Å². The number of anilines is 1. The molecule has 2 atom stereocenters. The van der Waals surface area contributed by atoms with Crippen molar-refractivity contribution >= 4 is 28.2 Å². The van der Waals surface area contributed by atoms with Crippen LogP contribution >= 0.6 is 23.1 Å². The van der Waals surface area contributed by atoms with Crippen LogP contribution in [-0.4, -0.2) is 45.7 Å². The van der Waals surface area contributed by atoms with Crippen molar-refractivity contribution < 1.29 is 0 Å². The van der Waals surface area contributed by atoms with Crippen LogP contribution in [0.1, 0.15) is 18.9 Å². The van der Waals surface area contributed by atoms with E-state index in [0.717, 1.165) is 23.2 Å². The summed E-state index contributed by atoms with van der Waals surface area (Å²) in [6.45, 7) is 6.70. The molecule has 2 rings (SSSR count). The van der Waals surface area contributed by atoms with E-state index in [2.05, 4.69) is 46.0 Å². The van der Waals surface area contributed by atoms with Crippen molar-refractivity contribution in [2.75, 3.05) is 24.7 Å². The van der Waals surface area contributed by atoms with Gasteiger partial charge in [-0.1, -0.05) is 18.3 Å². The number of hydrogen-bond acceptors (Lipinski definition) is 6. The molecule has 90 valence electrons. The van der Waals surface area contributed by atoms with E-state index in [-0.39, 0.29) is 0 Å². The molecule has 0 saturated carbocycles. The number of nitrogens with zero attached hydrogens (tertiary/aromatic N) is 3. The monoisotopic (exact) mass is 258 g/mol. The van der Waals surface area contributed by atoms with Crippen molar-refractivity contribution in [1.82, 2.24) is 15.1 Å². The van der Waals surface area contributed by atoms with E-state index >= 15 is 0 Å². The highest BCUT2D eigenvalue weighted by Gasteiger charge is 2.25. The van der Waals surface area contributed by atoms with Gasteiger partial charge in [-0.3, -0.25) is 4.90 Å². The van der Waals surface area contributed by atoms with Crippen molar-refractivity contribution in [2.45, 2.75) is 31.7 Å². The zero-order chi connectivity index (χ0) is 11.5. The van der Waals surface area contributed by atoms with Gasteiger partial charge in [-0.25, -0.2) is 0 Å². The lowest BCUT2D eigenvalue weighted by molar-refractivity contribution is 0.204. The smallest absolute Gasteiger partial charge is 0.205 e. The summed E-state index contributed by atoms with van der Waals surface area (Å²) in [6, 6.07) is 0.626. The molecule has 0 radical (unpaired) electrons. The Morgan fingerprint density at radius 3 is 2.94 bits per heavy atom. The third kappa shape index (κ3) is 2.67. The third-order valence-corrected chi connectivity index (χ3v) is 5.30. The molecule has 0 amide bonds. The fourth-order valence-electron chi connectivity index (χ4n) is 1.81. The summed E-state index contributed by atoms with van der Waals surface area (Å²) in [5.41, 5.74) is 0. The van der Waals surface area contributed by atoms with Gasteiger partial charge < -0.3 is 5.32 Å². The summed E-state index contributed by atoms with van der Waals surface area (Å²) in [5.74, 6) is 1.23. The molecule has 6 heteroatoms. The van der Waals surface area contributed by atoms with Gasteiger partial charge in [0.05, 0.1) is 6.54 Å². The summed E-state index contributed by atoms with van der Waals surface area (Å²) >= 11 is 3.71. The highest BCUT2D eigenvalue weighted by atomic mass is 32.2. The van der Waals surface area contributed by atoms with Gasteiger partial charge in [-0.2, -0.15) is 11.8 Å². The van der Waals surface area contributed by atoms with Crippen LogP contribution in [0.2, 0.25) is 0 Å². The Balaban J connectivity index is 1.97. The molecule has 1 saturated heterocycles. The summed E-state index contributed by atoms with van der Waals surface area (Å²) in [7, 11) is 1.88. The molecule has 2 heterocycles. The molecule has 0 aromatic carbocycles. The molecule has 1 aliphatic heterocycles. The Labute approximate surface area is 105 Å². The lowest BCUT2D eigenvalue weighted by Crippen LogP contribution is -2.43. The van der Waals surface area contributed by atoms with Gasteiger partial charge in [0.1, 0.15) is 5.01 Å². The van der Waals surface area contributed by atoms with Gasteiger partial charge in [0.2, 0.25) is 5.13 Å². The largest absolute Gasteiger partial charge is 0.363 e. The average molecular weight is 258 g/mol. The molecule has 2 unspecified atom stereocenters. The predicted octanol–water partition coefficient (Wildman–Crippen LogP) is 1.91. The maximum absolute atomic E-state index is 4.20. The van der Waals surface area contributed by atoms with Crippen LogP contribution < -0.4 is 5.32 Å². The molecule has 16 heavy (non-hydrogen) atoms. The van der Waals surface area contributed by atoms with Crippen molar-refractivity contribution in [2.24, 2.45) is 0 Å². The summed E-state index contributed by atoms with van der Waals surface area (Å²) in [4.78, 5) is 2.50. The second kappa shape index (κ2) is 5.33. The quantitative estimate of drug-likeness (QED) is 0.897. The van der Waals surface area contributed by atoms with E-state index in [1.165, 1.54) is 5.75 Å². The average Bonchev–Trinajstić information content (AvgIpc) is 2.73. The molecule has 0 spiro atoms. The molecular weight excluding hydrogens is 240 g/mol. The predicted molar refractivity (Wildman–Crippen MR) is 71.2 cm³/mol. The molecule has 1 aromatic rings. The number of hydrogen-bond donors (Lipinski definition) is 1. The minimum absolute atomic E-state index is 0.626. The molecular formula is C10H18N4S2. The first-order valence-electron chi connectivity index (χ1n) is 5.56. The van der Waals surface area contributed by atoms with Gasteiger partial charge in [-0.15, -0.1) is 10.2 Å². The van der Waals surface area contributed by atoms with Gasteiger partial charge >= 0.3 is 0 Å². The normalized spacial score (nSPS) is 26.9. The maximum atomic E-state index is 4.20. The highest BCUT2D eigenvalue weighted by Crippen LogP contribution is 2.26. The van der Waals surface area contributed by atoms with Crippen LogP contribution in [0.25, 0.3) is 0 Å². The topological polar surface area (TPSA) is 41.1 Å². The fraction of sp³-hybridized carbons (Fsp3) is 0.800. The number of aromatic nitrogens is 2. The number of nitrogens with one attached hydrogen (secondary N) is 1. The SMILES string of the molecule is CNc1nnc(CN2CCSC(C)C2C)s1. The Bertz CT molecular complexity index is 341. The van der Waals surface area contributed by atoms with Gasteiger partial charge in [0.25, 0.3) is 0 Å². The lowest BCUT2D eigenvalue weighted by atomic mass is 10.2.